The van der Waals surface area contributed by atoms with Crippen molar-refractivity contribution in [3.63, 3.8) is 0 Å². The summed E-state index contributed by atoms with van der Waals surface area (Å²) in [4.78, 5) is 10.2. The maximum atomic E-state index is 16.3. The highest BCUT2D eigenvalue weighted by Gasteiger charge is 2.49. The summed E-state index contributed by atoms with van der Waals surface area (Å²) < 4.78 is 62.5. The first-order valence-corrected chi connectivity index (χ1v) is 12.9. The standard InChI is InChI=1S/C30H26F3N3O4/c1-3-17-6-4-7-18-10-20(40-16-38-2)11-21(24(17)18)25-23(32)12-22-27(26(25)33)34-29(35-28(22)37)39-15-30-8-5-9-36(30)14-19(31)13-30/h1,4,6-7,10-12,19H,5,8-9,13-16H2,2H3,(H,34,35,37)/t19-,30+/m1/s1. The fourth-order valence-electron chi connectivity index (χ4n) is 6.05. The second kappa shape index (κ2) is 10.2. The minimum absolute atomic E-state index is 0.0771. The highest BCUT2D eigenvalue weighted by atomic mass is 19.1. The van der Waals surface area contributed by atoms with Gasteiger partial charge in [0.15, 0.2) is 12.6 Å². The Hall–Kier alpha value is -4.07. The lowest BCUT2D eigenvalue weighted by molar-refractivity contribution is 0.0512. The van der Waals surface area contributed by atoms with E-state index in [1.54, 1.807) is 24.3 Å². The summed E-state index contributed by atoms with van der Waals surface area (Å²) in [5.41, 5.74) is -0.641. The Morgan fingerprint density at radius 2 is 2.05 bits per heavy atom. The van der Waals surface area contributed by atoms with E-state index in [1.165, 1.54) is 13.2 Å². The maximum absolute atomic E-state index is 16.3. The maximum Gasteiger partial charge on any atom is 0.320 e. The Labute approximate surface area is 228 Å². The van der Waals surface area contributed by atoms with Gasteiger partial charge in [0, 0.05) is 36.6 Å². The predicted molar refractivity (Wildman–Crippen MR) is 143 cm³/mol. The second-order valence-corrected chi connectivity index (χ2v) is 10.2. The van der Waals surface area contributed by atoms with Gasteiger partial charge in [-0.1, -0.05) is 18.1 Å². The number of nitrogens with zero attached hydrogens (tertiary/aromatic N) is 3. The molecule has 0 radical (unpaired) electrons. The van der Waals surface area contributed by atoms with E-state index in [4.69, 9.17) is 20.6 Å². The van der Waals surface area contributed by atoms with Crippen LogP contribution < -0.4 is 9.47 Å². The van der Waals surface area contributed by atoms with Gasteiger partial charge in [-0.05, 0) is 49.0 Å². The van der Waals surface area contributed by atoms with Crippen LogP contribution in [0.15, 0.2) is 36.4 Å². The van der Waals surface area contributed by atoms with Crippen LogP contribution in [-0.2, 0) is 4.74 Å². The number of alkyl halides is 1. The number of ether oxygens (including phenoxy) is 3. The largest absolute Gasteiger partial charge is 0.493 e. The average molecular weight is 550 g/mol. The van der Waals surface area contributed by atoms with Crippen molar-refractivity contribution in [3.05, 3.63) is 53.6 Å². The molecule has 0 saturated carbocycles. The van der Waals surface area contributed by atoms with Gasteiger partial charge in [0.25, 0.3) is 0 Å². The Bertz CT molecular complexity index is 1670. The third-order valence-electron chi connectivity index (χ3n) is 7.79. The number of aromatic hydroxyl groups is 1. The van der Waals surface area contributed by atoms with E-state index in [0.29, 0.717) is 35.1 Å². The van der Waals surface area contributed by atoms with Crippen LogP contribution in [0.1, 0.15) is 24.8 Å². The molecule has 0 aliphatic carbocycles. The molecule has 0 amide bonds. The summed E-state index contributed by atoms with van der Waals surface area (Å²) in [6, 6.07) is 9.05. The molecule has 0 spiro atoms. The minimum Gasteiger partial charge on any atom is -0.493 e. The van der Waals surface area contributed by atoms with E-state index in [0.717, 1.165) is 25.5 Å². The van der Waals surface area contributed by atoms with Crippen LogP contribution in [-0.4, -0.2) is 65.3 Å². The number of fused-ring (bicyclic) bond motifs is 3. The van der Waals surface area contributed by atoms with Gasteiger partial charge in [-0.15, -0.1) is 6.42 Å². The van der Waals surface area contributed by atoms with Crippen LogP contribution in [0.25, 0.3) is 32.8 Å². The third-order valence-corrected chi connectivity index (χ3v) is 7.79. The lowest BCUT2D eigenvalue weighted by atomic mass is 9.93. The first-order valence-electron chi connectivity index (χ1n) is 12.9. The number of halogens is 3. The summed E-state index contributed by atoms with van der Waals surface area (Å²) in [5, 5.41) is 11.4. The smallest absolute Gasteiger partial charge is 0.320 e. The van der Waals surface area contributed by atoms with Gasteiger partial charge in [0.1, 0.15) is 29.9 Å². The van der Waals surface area contributed by atoms with Gasteiger partial charge in [-0.2, -0.15) is 9.97 Å². The second-order valence-electron chi connectivity index (χ2n) is 10.2. The number of hydrogen-bond donors (Lipinski definition) is 1. The Kier molecular flexibility index (Phi) is 6.64. The molecular formula is C30H26F3N3O4. The molecular weight excluding hydrogens is 523 g/mol. The topological polar surface area (TPSA) is 76.9 Å². The summed E-state index contributed by atoms with van der Waals surface area (Å²) in [6.07, 6.45) is 6.77. The number of rotatable bonds is 7. The summed E-state index contributed by atoms with van der Waals surface area (Å²) in [7, 11) is 1.46. The summed E-state index contributed by atoms with van der Waals surface area (Å²) in [5.74, 6) is 0.279. The molecule has 1 N–H and O–H groups in total. The van der Waals surface area contributed by atoms with Crippen molar-refractivity contribution >= 4 is 21.7 Å². The van der Waals surface area contributed by atoms with E-state index in [1.807, 2.05) is 0 Å². The molecule has 6 rings (SSSR count). The zero-order valence-corrected chi connectivity index (χ0v) is 21.7. The first-order chi connectivity index (χ1) is 19.3. The Morgan fingerprint density at radius 3 is 2.85 bits per heavy atom. The quantitative estimate of drug-likeness (QED) is 0.246. The number of aromatic nitrogens is 2. The van der Waals surface area contributed by atoms with Crippen molar-refractivity contribution in [1.82, 2.24) is 14.9 Å². The predicted octanol–water partition coefficient (Wildman–Crippen LogP) is 5.35. The first kappa shape index (κ1) is 26.2. The molecule has 2 fully saturated rings. The van der Waals surface area contributed by atoms with Gasteiger partial charge >= 0.3 is 6.01 Å². The normalized spacial score (nSPS) is 20.6. The molecule has 206 valence electrons. The van der Waals surface area contributed by atoms with Crippen LogP contribution >= 0.6 is 0 Å². The number of terminal acetylenes is 1. The zero-order valence-electron chi connectivity index (χ0n) is 21.7. The number of benzene rings is 3. The molecule has 1 aromatic heterocycles. The van der Waals surface area contributed by atoms with Gasteiger partial charge < -0.3 is 19.3 Å². The van der Waals surface area contributed by atoms with Crippen molar-refractivity contribution in [2.24, 2.45) is 0 Å². The van der Waals surface area contributed by atoms with Crippen molar-refractivity contribution in [2.75, 3.05) is 33.6 Å². The van der Waals surface area contributed by atoms with E-state index < -0.39 is 34.8 Å². The SMILES string of the molecule is C#Cc1cccc2cc(OCOC)cc(-c3c(F)cc4c(O)nc(OC[C@@]56CCCN5C[C@H](F)C6)nc4c3F)c12. The van der Waals surface area contributed by atoms with Crippen LogP contribution in [0.5, 0.6) is 17.6 Å². The van der Waals surface area contributed by atoms with Crippen molar-refractivity contribution in [1.29, 1.82) is 0 Å². The molecule has 7 nitrogen and oxygen atoms in total. The van der Waals surface area contributed by atoms with Crippen LogP contribution in [0.3, 0.4) is 0 Å². The molecule has 2 saturated heterocycles. The highest BCUT2D eigenvalue weighted by molar-refractivity contribution is 6.03. The van der Waals surface area contributed by atoms with Gasteiger partial charge in [0.05, 0.1) is 16.5 Å². The van der Waals surface area contributed by atoms with E-state index in [9.17, 15) is 9.50 Å². The summed E-state index contributed by atoms with van der Waals surface area (Å²) >= 11 is 0. The molecule has 2 atom stereocenters. The van der Waals surface area contributed by atoms with E-state index >= 15 is 8.78 Å². The Morgan fingerprint density at radius 1 is 1.20 bits per heavy atom. The van der Waals surface area contributed by atoms with Gasteiger partial charge in [-0.25, -0.2) is 13.2 Å². The van der Waals surface area contributed by atoms with E-state index in [-0.39, 0.29) is 35.9 Å². The minimum atomic E-state index is -1.03. The van der Waals surface area contributed by atoms with Crippen LogP contribution in [0, 0.1) is 24.0 Å². The van der Waals surface area contributed by atoms with Crippen molar-refractivity contribution in [3.8, 4) is 41.1 Å². The molecule has 3 heterocycles. The fourth-order valence-corrected chi connectivity index (χ4v) is 6.05. The molecule has 2 aliphatic heterocycles. The van der Waals surface area contributed by atoms with E-state index in [2.05, 4.69) is 20.8 Å². The molecule has 10 heteroatoms. The molecule has 40 heavy (non-hydrogen) atoms. The monoisotopic (exact) mass is 549 g/mol. The molecule has 0 unspecified atom stereocenters. The molecule has 0 bridgehead atoms. The number of hydrogen-bond acceptors (Lipinski definition) is 7. The third kappa shape index (κ3) is 4.35. The van der Waals surface area contributed by atoms with Crippen LogP contribution in [0.2, 0.25) is 0 Å². The molecule has 4 aromatic rings. The fraction of sp³-hybridized carbons (Fsp3) is 0.333. The molecule has 3 aromatic carbocycles. The van der Waals surface area contributed by atoms with Crippen molar-refractivity contribution in [2.45, 2.75) is 31.0 Å². The van der Waals surface area contributed by atoms with Gasteiger partial charge in [-0.3, -0.25) is 4.90 Å². The van der Waals surface area contributed by atoms with Gasteiger partial charge in [0.2, 0.25) is 5.88 Å². The highest BCUT2D eigenvalue weighted by Crippen LogP contribution is 2.42. The summed E-state index contributed by atoms with van der Waals surface area (Å²) in [6.45, 7) is 1.12. The Balaban J connectivity index is 1.47. The lowest BCUT2D eigenvalue weighted by Crippen LogP contribution is -2.43. The lowest BCUT2D eigenvalue weighted by Gasteiger charge is -2.30. The zero-order chi connectivity index (χ0) is 28.0. The van der Waals surface area contributed by atoms with Crippen LogP contribution in [0.4, 0.5) is 13.2 Å². The van der Waals surface area contributed by atoms with Crippen molar-refractivity contribution < 1.29 is 32.5 Å². The average Bonchev–Trinajstić information content (AvgIpc) is 3.46. The molecule has 2 aliphatic rings. The number of methoxy groups -OCH3 is 1.